The van der Waals surface area contributed by atoms with Crippen LogP contribution in [0, 0.1) is 5.41 Å². The van der Waals surface area contributed by atoms with Gasteiger partial charge in [-0.2, -0.15) is 13.2 Å². The molecule has 24 heteroatoms. The lowest BCUT2D eigenvalue weighted by molar-refractivity contribution is -0.147. The van der Waals surface area contributed by atoms with Gasteiger partial charge in [0.1, 0.15) is 4.90 Å². The zero-order valence-electron chi connectivity index (χ0n) is 45.0. The molecule has 2 saturated heterocycles. The Morgan fingerprint density at radius 3 is 2.11 bits per heavy atom. The number of halogens is 4. The van der Waals surface area contributed by atoms with Gasteiger partial charge in [0.25, 0.3) is 25.8 Å². The fraction of sp³-hybridized carbons (Fsp3) is 0.491. The number of sulfonamides is 1. The number of benzene rings is 4. The first-order chi connectivity index (χ1) is 37.4. The minimum absolute atomic E-state index is 0.0252. The lowest BCUT2D eigenvalue weighted by atomic mass is 9.73. The second-order valence-corrected chi connectivity index (χ2v) is 28.0. The first-order valence-electron chi connectivity index (χ1n) is 26.4. The predicted molar refractivity (Wildman–Crippen MR) is 304 cm³/mol. The lowest BCUT2D eigenvalue weighted by Gasteiger charge is -2.39. The molecule has 2 aliphatic heterocycles. The first-order valence-corrected chi connectivity index (χ1v) is 32.5. The van der Waals surface area contributed by atoms with Crippen LogP contribution in [0.2, 0.25) is 5.02 Å². The number of nitrogens with one attached hydrogen (secondary N) is 2. The van der Waals surface area contributed by atoms with Crippen molar-refractivity contribution in [2.24, 2.45) is 5.41 Å². The normalized spacial score (nSPS) is 18.2. The van der Waals surface area contributed by atoms with Crippen molar-refractivity contribution in [1.82, 2.24) is 19.4 Å². The van der Waals surface area contributed by atoms with Crippen molar-refractivity contribution < 1.29 is 57.9 Å². The average Bonchev–Trinajstić information content (AvgIpc) is 3.42. The highest BCUT2D eigenvalue weighted by Crippen LogP contribution is 2.49. The van der Waals surface area contributed by atoms with Crippen molar-refractivity contribution in [1.29, 1.82) is 0 Å². The maximum absolute atomic E-state index is 14.4. The van der Waals surface area contributed by atoms with E-state index in [1.807, 2.05) is 47.2 Å². The van der Waals surface area contributed by atoms with Crippen molar-refractivity contribution in [3.05, 3.63) is 119 Å². The van der Waals surface area contributed by atoms with Crippen LogP contribution < -0.4 is 14.9 Å². The SMILES string of the molecule is CCOP(=O)(CCCN1CCN(CC[C@H](CSc2ccccc2)Nc2ccc(S(=O)(=O)NC(=O)c3ccc(N4CCN(CC5=C(c6ccc(Cl)cc6)CCC(C)(C)C5)CC4)cc3)cc2S(=O)(=O)C(F)(F)F)CC1)OCOC(C)=O. The van der Waals surface area contributed by atoms with Gasteiger partial charge in [0, 0.05) is 105 Å². The topological polar surface area (TPSA) is 184 Å². The molecule has 2 heterocycles. The monoisotopic (exact) mass is 1190 g/mol. The molecule has 0 saturated carbocycles. The molecule has 432 valence electrons. The molecule has 16 nitrogen and oxygen atoms in total. The largest absolute Gasteiger partial charge is 0.501 e. The van der Waals surface area contributed by atoms with Crippen LogP contribution in [0.15, 0.2) is 117 Å². The third kappa shape index (κ3) is 17.8. The highest BCUT2D eigenvalue weighted by Gasteiger charge is 2.48. The number of amides is 1. The van der Waals surface area contributed by atoms with E-state index in [-0.39, 0.29) is 23.7 Å². The van der Waals surface area contributed by atoms with Crippen LogP contribution in [0.1, 0.15) is 75.7 Å². The maximum Gasteiger partial charge on any atom is 0.501 e. The van der Waals surface area contributed by atoms with Gasteiger partial charge in [-0.15, -0.1) is 11.8 Å². The number of carbonyl (C=O) groups is 2. The molecule has 0 aromatic heterocycles. The molecular formula is C55H71ClF3N6O10PS3. The van der Waals surface area contributed by atoms with E-state index in [2.05, 4.69) is 50.9 Å². The van der Waals surface area contributed by atoms with Crippen LogP contribution in [0.25, 0.3) is 5.57 Å². The zero-order valence-corrected chi connectivity index (χ0v) is 49.1. The second-order valence-electron chi connectivity index (χ2n) is 20.7. The summed E-state index contributed by atoms with van der Waals surface area (Å²) in [5.41, 5.74) is -1.20. The summed E-state index contributed by atoms with van der Waals surface area (Å²) in [5.74, 6) is -1.31. The molecule has 1 unspecified atom stereocenters. The van der Waals surface area contributed by atoms with Crippen molar-refractivity contribution in [2.45, 2.75) is 86.0 Å². The summed E-state index contributed by atoms with van der Waals surface area (Å²) in [6.45, 7) is 14.8. The highest BCUT2D eigenvalue weighted by atomic mass is 35.5. The molecular weight excluding hydrogens is 1120 g/mol. The third-order valence-electron chi connectivity index (χ3n) is 14.3. The maximum atomic E-state index is 14.4. The van der Waals surface area contributed by atoms with Crippen LogP contribution in [-0.2, 0) is 43.0 Å². The number of sulfone groups is 1. The summed E-state index contributed by atoms with van der Waals surface area (Å²) in [5, 5.41) is 3.72. The van der Waals surface area contributed by atoms with Gasteiger partial charge in [-0.25, -0.2) is 21.6 Å². The van der Waals surface area contributed by atoms with Gasteiger partial charge in [-0.1, -0.05) is 61.4 Å². The van der Waals surface area contributed by atoms with Crippen LogP contribution in [0.3, 0.4) is 0 Å². The van der Waals surface area contributed by atoms with E-state index in [9.17, 15) is 44.2 Å². The Labute approximate surface area is 472 Å². The number of thioether (sulfide) groups is 1. The lowest BCUT2D eigenvalue weighted by Crippen LogP contribution is -2.47. The number of alkyl halides is 3. The fourth-order valence-electron chi connectivity index (χ4n) is 9.94. The fourth-order valence-corrected chi connectivity index (χ4v) is 14.6. The molecule has 4 aromatic carbocycles. The number of hydrogen-bond acceptors (Lipinski definition) is 16. The molecule has 4 aromatic rings. The van der Waals surface area contributed by atoms with E-state index >= 15 is 0 Å². The summed E-state index contributed by atoms with van der Waals surface area (Å²) in [4.78, 5) is 32.4. The summed E-state index contributed by atoms with van der Waals surface area (Å²) in [6.07, 6.45) is 4.11. The summed E-state index contributed by atoms with van der Waals surface area (Å²) in [7, 11) is -14.5. The minimum atomic E-state index is -6.13. The van der Waals surface area contributed by atoms with E-state index < -0.39 is 73.2 Å². The van der Waals surface area contributed by atoms with Crippen LogP contribution >= 0.6 is 31.0 Å². The summed E-state index contributed by atoms with van der Waals surface area (Å²) >= 11 is 7.62. The van der Waals surface area contributed by atoms with E-state index in [0.717, 1.165) is 74.7 Å². The van der Waals surface area contributed by atoms with Gasteiger partial charge in [0.15, 0.2) is 0 Å². The predicted octanol–water partition coefficient (Wildman–Crippen LogP) is 10.3. The number of rotatable bonds is 25. The number of carbonyl (C=O) groups excluding carboxylic acids is 2. The van der Waals surface area contributed by atoms with Crippen LogP contribution in [-0.4, -0.2) is 152 Å². The molecule has 1 amide bonds. The van der Waals surface area contributed by atoms with E-state index in [4.69, 9.17) is 25.4 Å². The van der Waals surface area contributed by atoms with E-state index in [1.165, 1.54) is 47.5 Å². The van der Waals surface area contributed by atoms with Gasteiger partial charge in [0.2, 0.25) is 6.79 Å². The molecule has 2 N–H and O–H groups in total. The Morgan fingerprint density at radius 1 is 0.835 bits per heavy atom. The number of esters is 1. The molecule has 7 rings (SSSR count). The Kier molecular flexibility index (Phi) is 21.6. The summed E-state index contributed by atoms with van der Waals surface area (Å²) < 4.78 is 128. The Hall–Kier alpha value is -4.48. The average molecular weight is 1200 g/mol. The number of piperazine rings is 2. The van der Waals surface area contributed by atoms with Crippen LogP contribution in [0.4, 0.5) is 24.5 Å². The van der Waals surface area contributed by atoms with Crippen molar-refractivity contribution in [3.8, 4) is 0 Å². The molecule has 0 radical (unpaired) electrons. The number of anilines is 2. The number of hydrogen-bond donors (Lipinski definition) is 2. The molecule has 1 aliphatic carbocycles. The smallest absolute Gasteiger partial charge is 0.438 e. The molecule has 0 spiro atoms. The van der Waals surface area contributed by atoms with Gasteiger partial charge < -0.3 is 29.3 Å². The number of nitrogens with zero attached hydrogens (tertiary/aromatic N) is 4. The van der Waals surface area contributed by atoms with Crippen molar-refractivity contribution in [2.75, 3.05) is 108 Å². The Balaban J connectivity index is 0.977. The highest BCUT2D eigenvalue weighted by molar-refractivity contribution is 7.99. The van der Waals surface area contributed by atoms with E-state index in [1.54, 1.807) is 19.1 Å². The minimum Gasteiger partial charge on any atom is -0.438 e. The first kappa shape index (κ1) is 62.1. The molecule has 2 fully saturated rings. The van der Waals surface area contributed by atoms with Gasteiger partial charge in [-0.05, 0) is 129 Å². The summed E-state index contributed by atoms with van der Waals surface area (Å²) in [6, 6.07) is 25.5. The van der Waals surface area contributed by atoms with Crippen molar-refractivity contribution >= 4 is 79.6 Å². The number of ether oxygens (including phenoxy) is 1. The van der Waals surface area contributed by atoms with Gasteiger partial charge in [0.05, 0.1) is 23.4 Å². The molecule has 3 aliphatic rings. The van der Waals surface area contributed by atoms with Gasteiger partial charge in [-0.3, -0.25) is 23.6 Å². The molecule has 79 heavy (non-hydrogen) atoms. The van der Waals surface area contributed by atoms with Crippen LogP contribution in [0.5, 0.6) is 0 Å². The van der Waals surface area contributed by atoms with E-state index in [0.29, 0.717) is 69.0 Å². The van der Waals surface area contributed by atoms with Crippen molar-refractivity contribution in [3.63, 3.8) is 0 Å². The second kappa shape index (κ2) is 27.5. The zero-order chi connectivity index (χ0) is 57.0. The quantitative estimate of drug-likeness (QED) is 0.0276. The molecule has 0 bridgehead atoms. The third-order valence-corrected chi connectivity index (χ3v) is 20.6. The Bertz CT molecular complexity index is 3020. The Morgan fingerprint density at radius 2 is 1.48 bits per heavy atom. The molecule has 2 atom stereocenters. The standard InChI is InChI=1S/C55H71ClF3N6O10PS3/c1-5-74-76(68,75-40-73-41(2)66)35-9-25-62-27-29-63(30-28-62)26-23-46(39-77-48-10-7-6-8-11-48)60-51-21-20-49(36-52(51)78(69,70)55(57,58)59)79(71,72)61-53(67)43-14-18-47(19-15-43)65-33-31-64(32-34-65)38-44-37-54(3,4)24-22-50(44)42-12-16-45(56)17-13-42/h6-8,10-21,36,46,60H,5,9,22-35,37-40H2,1-4H3,(H,61,67)/t46-,76?/m1/s1. The number of allylic oxidation sites excluding steroid dienone is 1. The van der Waals surface area contributed by atoms with Gasteiger partial charge >= 0.3 is 19.1 Å².